The second kappa shape index (κ2) is 7.61. The highest BCUT2D eigenvalue weighted by Gasteiger charge is 2.17. The molecule has 25 heavy (non-hydrogen) atoms. The van der Waals surface area contributed by atoms with Crippen LogP contribution in [0.4, 0.5) is 0 Å². The highest BCUT2D eigenvalue weighted by Crippen LogP contribution is 2.22. The van der Waals surface area contributed by atoms with Gasteiger partial charge in [0.2, 0.25) is 0 Å². The lowest BCUT2D eigenvalue weighted by Crippen LogP contribution is -2.30. The minimum absolute atomic E-state index is 0.0551. The van der Waals surface area contributed by atoms with E-state index in [1.807, 2.05) is 43.3 Å². The SMILES string of the molecule is CCN(Cc1ccncc1)C(=O)c1cnn(-c2ccccc2OC)c1. The number of hydrogen-bond acceptors (Lipinski definition) is 4. The molecule has 3 aromatic rings. The van der Waals surface area contributed by atoms with Gasteiger partial charge in [-0.3, -0.25) is 9.78 Å². The van der Waals surface area contributed by atoms with Crippen molar-refractivity contribution in [2.75, 3.05) is 13.7 Å². The molecule has 128 valence electrons. The Morgan fingerprint density at radius 3 is 2.68 bits per heavy atom. The van der Waals surface area contributed by atoms with Gasteiger partial charge in [-0.05, 0) is 36.8 Å². The Kier molecular flexibility index (Phi) is 5.09. The fourth-order valence-corrected chi connectivity index (χ4v) is 2.60. The number of carbonyl (C=O) groups excluding carboxylic acids is 1. The van der Waals surface area contributed by atoms with Gasteiger partial charge in [0.15, 0.2) is 0 Å². The third kappa shape index (κ3) is 3.68. The number of pyridine rings is 1. The van der Waals surface area contributed by atoms with E-state index in [1.54, 1.807) is 41.5 Å². The van der Waals surface area contributed by atoms with E-state index in [4.69, 9.17) is 4.74 Å². The summed E-state index contributed by atoms with van der Waals surface area (Å²) in [4.78, 5) is 18.6. The van der Waals surface area contributed by atoms with E-state index in [-0.39, 0.29) is 5.91 Å². The highest BCUT2D eigenvalue weighted by molar-refractivity contribution is 5.93. The molecule has 0 bridgehead atoms. The van der Waals surface area contributed by atoms with E-state index >= 15 is 0 Å². The monoisotopic (exact) mass is 336 g/mol. The average molecular weight is 336 g/mol. The fraction of sp³-hybridized carbons (Fsp3) is 0.211. The van der Waals surface area contributed by atoms with Crippen LogP contribution in [-0.2, 0) is 6.54 Å². The van der Waals surface area contributed by atoms with Crippen molar-refractivity contribution in [1.29, 1.82) is 0 Å². The summed E-state index contributed by atoms with van der Waals surface area (Å²) < 4.78 is 7.01. The predicted molar refractivity (Wildman–Crippen MR) is 94.8 cm³/mol. The molecule has 2 heterocycles. The van der Waals surface area contributed by atoms with Crippen LogP contribution < -0.4 is 4.74 Å². The maximum atomic E-state index is 12.8. The molecule has 0 fully saturated rings. The van der Waals surface area contributed by atoms with Gasteiger partial charge in [-0.1, -0.05) is 12.1 Å². The fourth-order valence-electron chi connectivity index (χ4n) is 2.60. The first-order chi connectivity index (χ1) is 12.2. The topological polar surface area (TPSA) is 60.2 Å². The van der Waals surface area contributed by atoms with Crippen molar-refractivity contribution >= 4 is 5.91 Å². The van der Waals surface area contributed by atoms with Gasteiger partial charge < -0.3 is 9.64 Å². The lowest BCUT2D eigenvalue weighted by Gasteiger charge is -2.20. The number of carbonyl (C=O) groups is 1. The molecule has 0 aliphatic rings. The molecule has 1 amide bonds. The van der Waals surface area contributed by atoms with Crippen molar-refractivity contribution < 1.29 is 9.53 Å². The summed E-state index contributed by atoms with van der Waals surface area (Å²) >= 11 is 0. The number of rotatable bonds is 6. The molecule has 3 rings (SSSR count). The number of benzene rings is 1. The van der Waals surface area contributed by atoms with Crippen LogP contribution >= 0.6 is 0 Å². The van der Waals surface area contributed by atoms with Gasteiger partial charge >= 0.3 is 0 Å². The lowest BCUT2D eigenvalue weighted by molar-refractivity contribution is 0.0752. The van der Waals surface area contributed by atoms with Crippen LogP contribution in [0.25, 0.3) is 5.69 Å². The maximum absolute atomic E-state index is 12.8. The minimum atomic E-state index is -0.0551. The summed E-state index contributed by atoms with van der Waals surface area (Å²) in [7, 11) is 1.61. The number of methoxy groups -OCH3 is 1. The molecule has 2 aromatic heterocycles. The zero-order chi connectivity index (χ0) is 17.6. The van der Waals surface area contributed by atoms with Crippen LogP contribution in [-0.4, -0.2) is 39.2 Å². The summed E-state index contributed by atoms with van der Waals surface area (Å²) in [5.41, 5.74) is 2.38. The molecule has 6 heteroatoms. The number of ether oxygens (including phenoxy) is 1. The van der Waals surface area contributed by atoms with E-state index in [0.717, 1.165) is 11.3 Å². The second-order valence-electron chi connectivity index (χ2n) is 5.52. The average Bonchev–Trinajstić information content (AvgIpc) is 3.16. The van der Waals surface area contributed by atoms with Crippen molar-refractivity contribution in [3.63, 3.8) is 0 Å². The molecule has 6 nitrogen and oxygen atoms in total. The molecular weight excluding hydrogens is 316 g/mol. The Balaban J connectivity index is 1.82. The summed E-state index contributed by atoms with van der Waals surface area (Å²) in [6.07, 6.45) is 6.78. The normalized spacial score (nSPS) is 10.5. The number of amides is 1. The van der Waals surface area contributed by atoms with Crippen molar-refractivity contribution in [2.45, 2.75) is 13.5 Å². The molecule has 1 aromatic carbocycles. The number of nitrogens with zero attached hydrogens (tertiary/aromatic N) is 4. The molecule has 0 spiro atoms. The van der Waals surface area contributed by atoms with Gasteiger partial charge in [0.25, 0.3) is 5.91 Å². The van der Waals surface area contributed by atoms with Gasteiger partial charge in [-0.2, -0.15) is 5.10 Å². The smallest absolute Gasteiger partial charge is 0.257 e. The van der Waals surface area contributed by atoms with Gasteiger partial charge in [0.05, 0.1) is 18.9 Å². The first-order valence-electron chi connectivity index (χ1n) is 8.09. The highest BCUT2D eigenvalue weighted by atomic mass is 16.5. The molecule has 0 atom stereocenters. The van der Waals surface area contributed by atoms with Gasteiger partial charge in [-0.25, -0.2) is 4.68 Å². The van der Waals surface area contributed by atoms with Crippen LogP contribution in [0, 0.1) is 0 Å². The number of para-hydroxylation sites is 2. The second-order valence-corrected chi connectivity index (χ2v) is 5.52. The summed E-state index contributed by atoms with van der Waals surface area (Å²) in [6.45, 7) is 3.11. The molecule has 0 saturated carbocycles. The Morgan fingerprint density at radius 2 is 1.96 bits per heavy atom. The van der Waals surface area contributed by atoms with Crippen LogP contribution in [0.3, 0.4) is 0 Å². The maximum Gasteiger partial charge on any atom is 0.257 e. The van der Waals surface area contributed by atoms with Crippen LogP contribution in [0.1, 0.15) is 22.8 Å². The third-order valence-electron chi connectivity index (χ3n) is 3.95. The molecule has 0 N–H and O–H groups in total. The van der Waals surface area contributed by atoms with E-state index in [0.29, 0.717) is 24.4 Å². The Morgan fingerprint density at radius 1 is 1.20 bits per heavy atom. The molecule has 0 radical (unpaired) electrons. The molecule has 0 saturated heterocycles. The summed E-state index contributed by atoms with van der Waals surface area (Å²) in [6, 6.07) is 11.4. The van der Waals surface area contributed by atoms with Crippen LogP contribution in [0.5, 0.6) is 5.75 Å². The van der Waals surface area contributed by atoms with E-state index < -0.39 is 0 Å². The first-order valence-corrected chi connectivity index (χ1v) is 8.09. The molecule has 0 unspecified atom stereocenters. The van der Waals surface area contributed by atoms with E-state index in [1.165, 1.54) is 0 Å². The van der Waals surface area contributed by atoms with Crippen molar-refractivity contribution in [3.05, 3.63) is 72.3 Å². The largest absolute Gasteiger partial charge is 0.494 e. The van der Waals surface area contributed by atoms with Crippen molar-refractivity contribution in [1.82, 2.24) is 19.7 Å². The van der Waals surface area contributed by atoms with Crippen molar-refractivity contribution in [3.8, 4) is 11.4 Å². The zero-order valence-corrected chi connectivity index (χ0v) is 14.3. The number of aromatic nitrogens is 3. The van der Waals surface area contributed by atoms with Crippen LogP contribution in [0.2, 0.25) is 0 Å². The van der Waals surface area contributed by atoms with E-state index in [2.05, 4.69) is 10.1 Å². The first kappa shape index (κ1) is 16.7. The third-order valence-corrected chi connectivity index (χ3v) is 3.95. The quantitative estimate of drug-likeness (QED) is 0.694. The number of hydrogen-bond donors (Lipinski definition) is 0. The van der Waals surface area contributed by atoms with E-state index in [9.17, 15) is 4.79 Å². The molecule has 0 aliphatic carbocycles. The van der Waals surface area contributed by atoms with Crippen molar-refractivity contribution in [2.24, 2.45) is 0 Å². The summed E-state index contributed by atoms with van der Waals surface area (Å²) in [5, 5.41) is 4.32. The Hall–Kier alpha value is -3.15. The van der Waals surface area contributed by atoms with Gasteiger partial charge in [0.1, 0.15) is 11.4 Å². The standard InChI is InChI=1S/C19H20N4O2/c1-3-22(13-15-8-10-20-11-9-15)19(24)16-12-21-23(14-16)17-6-4-5-7-18(17)25-2/h4-12,14H,3,13H2,1-2H3. The lowest BCUT2D eigenvalue weighted by atomic mass is 10.2. The Labute approximate surface area is 146 Å². The predicted octanol–water partition coefficient (Wildman–Crippen LogP) is 2.94. The minimum Gasteiger partial charge on any atom is -0.494 e. The molecule has 0 aliphatic heterocycles. The van der Waals surface area contributed by atoms with Gasteiger partial charge in [-0.15, -0.1) is 0 Å². The molecular formula is C19H20N4O2. The van der Waals surface area contributed by atoms with Crippen LogP contribution in [0.15, 0.2) is 61.2 Å². The Bertz CT molecular complexity index is 845. The zero-order valence-electron chi connectivity index (χ0n) is 14.3. The van der Waals surface area contributed by atoms with Gasteiger partial charge in [0, 0.05) is 31.7 Å². The summed E-state index contributed by atoms with van der Waals surface area (Å²) in [5.74, 6) is 0.647.